The molecule has 1 heterocycles. The highest BCUT2D eigenvalue weighted by atomic mass is 16.5. The number of benzene rings is 1. The Morgan fingerprint density at radius 2 is 2.30 bits per heavy atom. The minimum Gasteiger partial charge on any atom is -0.497 e. The molecule has 1 unspecified atom stereocenters. The van der Waals surface area contributed by atoms with Crippen LogP contribution in [0.2, 0.25) is 0 Å². The van der Waals surface area contributed by atoms with Gasteiger partial charge in [0.25, 0.3) is 0 Å². The second-order valence-electron chi connectivity index (χ2n) is 5.73. The van der Waals surface area contributed by atoms with E-state index in [4.69, 9.17) is 10.5 Å². The lowest BCUT2D eigenvalue weighted by atomic mass is 9.75. The van der Waals surface area contributed by atoms with Crippen molar-refractivity contribution in [2.24, 2.45) is 10.7 Å². The highest BCUT2D eigenvalue weighted by Crippen LogP contribution is 2.44. The Kier molecular flexibility index (Phi) is 3.32. The fraction of sp³-hybridized carbons (Fsp3) is 0.562. The highest BCUT2D eigenvalue weighted by Gasteiger charge is 2.45. The molecule has 0 aromatic heterocycles. The monoisotopic (exact) mass is 273 g/mol. The van der Waals surface area contributed by atoms with Gasteiger partial charge in [0.2, 0.25) is 0 Å². The van der Waals surface area contributed by atoms with Crippen molar-refractivity contribution in [2.45, 2.75) is 38.1 Å². The smallest absolute Gasteiger partial charge is 0.192 e. The molecule has 4 heteroatoms. The summed E-state index contributed by atoms with van der Waals surface area (Å²) >= 11 is 0. The minimum absolute atomic E-state index is 0.0395. The number of nitrogens with zero attached hydrogens (tertiary/aromatic N) is 2. The molecule has 1 spiro atoms. The average molecular weight is 273 g/mol. The van der Waals surface area contributed by atoms with Gasteiger partial charge >= 0.3 is 0 Å². The number of methoxy groups -OCH3 is 1. The van der Waals surface area contributed by atoms with Crippen molar-refractivity contribution in [1.29, 1.82) is 0 Å². The zero-order valence-electron chi connectivity index (χ0n) is 12.4. The first-order chi connectivity index (χ1) is 9.71. The van der Waals surface area contributed by atoms with Crippen LogP contribution in [-0.2, 0) is 12.0 Å². The second-order valence-corrected chi connectivity index (χ2v) is 5.73. The van der Waals surface area contributed by atoms with Gasteiger partial charge in [0.1, 0.15) is 5.75 Å². The third-order valence-electron chi connectivity index (χ3n) is 4.60. The molecule has 20 heavy (non-hydrogen) atoms. The van der Waals surface area contributed by atoms with Gasteiger partial charge in [-0.3, -0.25) is 4.99 Å². The van der Waals surface area contributed by atoms with Crippen molar-refractivity contribution in [2.75, 3.05) is 20.2 Å². The standard InChI is InChI=1S/C16H23N3O/c1-3-9-19-15(17)18-11-16(19)8-4-5-12-6-7-13(20-2)10-14(12)16/h6-7,10H,3-5,8-9,11H2,1-2H3,(H2,17,18). The summed E-state index contributed by atoms with van der Waals surface area (Å²) in [6.45, 7) is 3.93. The molecule has 0 fully saturated rings. The van der Waals surface area contributed by atoms with Gasteiger partial charge in [-0.05, 0) is 48.9 Å². The predicted octanol–water partition coefficient (Wildman–Crippen LogP) is 2.27. The topological polar surface area (TPSA) is 50.8 Å². The van der Waals surface area contributed by atoms with Crippen LogP contribution < -0.4 is 10.5 Å². The number of nitrogens with two attached hydrogens (primary N) is 1. The molecule has 1 aromatic rings. The number of fused-ring (bicyclic) bond motifs is 2. The number of aryl methyl sites for hydroxylation is 1. The van der Waals surface area contributed by atoms with Crippen molar-refractivity contribution in [3.05, 3.63) is 29.3 Å². The third kappa shape index (κ3) is 1.86. The van der Waals surface area contributed by atoms with Gasteiger partial charge in [-0.15, -0.1) is 0 Å². The molecule has 2 aliphatic rings. The molecule has 1 atom stereocenters. The number of hydrogen-bond donors (Lipinski definition) is 1. The average Bonchev–Trinajstić information content (AvgIpc) is 2.78. The Morgan fingerprint density at radius 1 is 1.45 bits per heavy atom. The molecule has 4 nitrogen and oxygen atoms in total. The van der Waals surface area contributed by atoms with E-state index in [0.29, 0.717) is 5.96 Å². The number of hydrogen-bond acceptors (Lipinski definition) is 4. The number of aliphatic imine (C=N–C) groups is 1. The Balaban J connectivity index is 2.08. The van der Waals surface area contributed by atoms with Crippen LogP contribution in [0.5, 0.6) is 5.75 Å². The molecule has 108 valence electrons. The Bertz CT molecular complexity index is 541. The van der Waals surface area contributed by atoms with Crippen LogP contribution in [-0.4, -0.2) is 31.1 Å². The molecule has 1 aromatic carbocycles. The molecule has 0 saturated heterocycles. The number of rotatable bonds is 3. The van der Waals surface area contributed by atoms with Gasteiger partial charge < -0.3 is 15.4 Å². The van der Waals surface area contributed by atoms with E-state index in [1.165, 1.54) is 17.5 Å². The molecule has 1 aliphatic heterocycles. The van der Waals surface area contributed by atoms with Crippen LogP contribution in [0.15, 0.2) is 23.2 Å². The van der Waals surface area contributed by atoms with Crippen LogP contribution >= 0.6 is 0 Å². The van der Waals surface area contributed by atoms with Gasteiger partial charge in [-0.25, -0.2) is 0 Å². The highest BCUT2D eigenvalue weighted by molar-refractivity contribution is 5.81. The largest absolute Gasteiger partial charge is 0.497 e. The summed E-state index contributed by atoms with van der Waals surface area (Å²) in [5, 5.41) is 0. The summed E-state index contributed by atoms with van der Waals surface area (Å²) in [6.07, 6.45) is 4.54. The lowest BCUT2D eigenvalue weighted by Gasteiger charge is -2.43. The molecule has 0 amide bonds. The third-order valence-corrected chi connectivity index (χ3v) is 4.60. The normalized spacial score (nSPS) is 24.7. The zero-order chi connectivity index (χ0) is 14.2. The molecular formula is C16H23N3O. The summed E-state index contributed by atoms with van der Waals surface area (Å²) in [4.78, 5) is 6.86. The van der Waals surface area contributed by atoms with E-state index in [1.807, 2.05) is 0 Å². The molecule has 1 aliphatic carbocycles. The van der Waals surface area contributed by atoms with Gasteiger partial charge in [-0.1, -0.05) is 13.0 Å². The Morgan fingerprint density at radius 3 is 3.05 bits per heavy atom. The van der Waals surface area contributed by atoms with E-state index in [1.54, 1.807) is 7.11 Å². The summed E-state index contributed by atoms with van der Waals surface area (Å²) in [5.74, 6) is 1.62. The van der Waals surface area contributed by atoms with Crippen molar-refractivity contribution in [3.63, 3.8) is 0 Å². The summed E-state index contributed by atoms with van der Waals surface area (Å²) < 4.78 is 5.42. The van der Waals surface area contributed by atoms with E-state index in [-0.39, 0.29) is 5.54 Å². The van der Waals surface area contributed by atoms with Crippen molar-refractivity contribution in [1.82, 2.24) is 4.90 Å². The maximum absolute atomic E-state index is 6.14. The van der Waals surface area contributed by atoms with Crippen molar-refractivity contribution >= 4 is 5.96 Å². The first kappa shape index (κ1) is 13.3. The number of guanidine groups is 1. The van der Waals surface area contributed by atoms with E-state index < -0.39 is 0 Å². The number of ether oxygens (including phenoxy) is 1. The molecule has 3 rings (SSSR count). The van der Waals surface area contributed by atoms with Crippen LogP contribution in [0, 0.1) is 0 Å². The summed E-state index contributed by atoms with van der Waals surface area (Å²) in [7, 11) is 1.72. The lowest BCUT2D eigenvalue weighted by Crippen LogP contribution is -2.51. The van der Waals surface area contributed by atoms with Gasteiger partial charge in [0.15, 0.2) is 5.96 Å². The maximum atomic E-state index is 6.14. The van der Waals surface area contributed by atoms with Crippen LogP contribution in [0.4, 0.5) is 0 Å². The molecular weight excluding hydrogens is 250 g/mol. The van der Waals surface area contributed by atoms with Crippen LogP contribution in [0.25, 0.3) is 0 Å². The Labute approximate surface area is 120 Å². The van der Waals surface area contributed by atoms with E-state index in [9.17, 15) is 0 Å². The minimum atomic E-state index is -0.0395. The van der Waals surface area contributed by atoms with E-state index in [2.05, 4.69) is 35.0 Å². The zero-order valence-corrected chi connectivity index (χ0v) is 12.4. The first-order valence-electron chi connectivity index (χ1n) is 7.46. The fourth-order valence-electron chi connectivity index (χ4n) is 3.64. The van der Waals surface area contributed by atoms with Crippen molar-refractivity contribution in [3.8, 4) is 5.75 Å². The fourth-order valence-corrected chi connectivity index (χ4v) is 3.64. The first-order valence-corrected chi connectivity index (χ1v) is 7.46. The summed E-state index contributed by atoms with van der Waals surface area (Å²) in [5.41, 5.74) is 8.88. The predicted molar refractivity (Wildman–Crippen MR) is 81.1 cm³/mol. The van der Waals surface area contributed by atoms with Gasteiger partial charge in [0, 0.05) is 6.54 Å². The van der Waals surface area contributed by atoms with Crippen LogP contribution in [0.1, 0.15) is 37.3 Å². The molecule has 0 saturated carbocycles. The van der Waals surface area contributed by atoms with Crippen LogP contribution in [0.3, 0.4) is 0 Å². The molecule has 0 bridgehead atoms. The summed E-state index contributed by atoms with van der Waals surface area (Å²) in [6, 6.07) is 6.44. The SMILES string of the molecule is CCCN1C(N)=NCC12CCCc1ccc(OC)cc12. The van der Waals surface area contributed by atoms with E-state index >= 15 is 0 Å². The lowest BCUT2D eigenvalue weighted by molar-refractivity contribution is 0.172. The Hall–Kier alpha value is -1.71. The van der Waals surface area contributed by atoms with Gasteiger partial charge in [-0.2, -0.15) is 0 Å². The van der Waals surface area contributed by atoms with E-state index in [0.717, 1.165) is 38.1 Å². The van der Waals surface area contributed by atoms with Crippen molar-refractivity contribution < 1.29 is 4.74 Å². The second kappa shape index (κ2) is 5.00. The van der Waals surface area contributed by atoms with Gasteiger partial charge in [0.05, 0.1) is 19.2 Å². The molecule has 2 N–H and O–H groups in total. The molecule has 0 radical (unpaired) electrons. The quantitative estimate of drug-likeness (QED) is 0.919. The maximum Gasteiger partial charge on any atom is 0.192 e.